The summed E-state index contributed by atoms with van der Waals surface area (Å²) in [5.41, 5.74) is 1.52. The van der Waals surface area contributed by atoms with Crippen LogP contribution in [0.15, 0.2) is 51.7 Å². The van der Waals surface area contributed by atoms with E-state index < -0.39 is 0 Å². The van der Waals surface area contributed by atoms with Gasteiger partial charge in [0.2, 0.25) is 0 Å². The lowest BCUT2D eigenvalue weighted by molar-refractivity contribution is 0.321. The second kappa shape index (κ2) is 4.76. The van der Waals surface area contributed by atoms with Gasteiger partial charge in [-0.25, -0.2) is 4.79 Å². The highest BCUT2D eigenvalue weighted by atomic mass is 16.4. The molecule has 1 aromatic heterocycles. The minimum Gasteiger partial charge on any atom is -0.422 e. The molecule has 0 aliphatic heterocycles. The average Bonchev–Trinajstić information content (AvgIpc) is 2.46. The second-order valence-corrected chi connectivity index (χ2v) is 5.33. The second-order valence-electron chi connectivity index (χ2n) is 5.33. The highest BCUT2D eigenvalue weighted by Crippen LogP contribution is 2.26. The van der Waals surface area contributed by atoms with E-state index in [1.54, 1.807) is 6.07 Å². The fourth-order valence-corrected chi connectivity index (χ4v) is 2.45. The number of nitrogens with zero attached hydrogens (tertiary/aromatic N) is 1. The first-order valence-electron chi connectivity index (χ1n) is 6.70. The number of rotatable bonds is 2. The molecule has 1 heterocycles. The van der Waals surface area contributed by atoms with Crippen molar-refractivity contribution in [1.29, 1.82) is 0 Å². The smallest absolute Gasteiger partial charge is 0.344 e. The van der Waals surface area contributed by atoms with Crippen molar-refractivity contribution in [2.24, 2.45) is 0 Å². The highest BCUT2D eigenvalue weighted by molar-refractivity contribution is 6.04. The average molecular weight is 267 g/mol. The first-order chi connectivity index (χ1) is 9.58. The summed E-state index contributed by atoms with van der Waals surface area (Å²) >= 11 is 0. The van der Waals surface area contributed by atoms with E-state index in [9.17, 15) is 4.79 Å². The molecular weight excluding hydrogens is 250 g/mol. The number of hydrogen-bond acceptors (Lipinski definition) is 3. The molecule has 0 radical (unpaired) electrons. The molecule has 1 atom stereocenters. The third kappa shape index (κ3) is 2.00. The predicted molar refractivity (Wildman–Crippen MR) is 82.1 cm³/mol. The first-order valence-corrected chi connectivity index (χ1v) is 6.70. The molecule has 20 heavy (non-hydrogen) atoms. The molecule has 3 rings (SSSR count). The maximum absolute atomic E-state index is 12.0. The summed E-state index contributed by atoms with van der Waals surface area (Å²) in [6.45, 7) is 2.13. The van der Waals surface area contributed by atoms with Gasteiger partial charge in [-0.15, -0.1) is 0 Å². The summed E-state index contributed by atoms with van der Waals surface area (Å²) in [6, 6.07) is 13.9. The molecule has 0 spiro atoms. The minimum absolute atomic E-state index is 0.274. The van der Waals surface area contributed by atoms with E-state index in [0.29, 0.717) is 11.0 Å². The van der Waals surface area contributed by atoms with Crippen LogP contribution >= 0.6 is 0 Å². The Balaban J connectivity index is 2.31. The van der Waals surface area contributed by atoms with Gasteiger partial charge in [0.05, 0.1) is 5.39 Å². The van der Waals surface area contributed by atoms with E-state index in [-0.39, 0.29) is 11.7 Å². The van der Waals surface area contributed by atoms with Crippen LogP contribution in [0.5, 0.6) is 0 Å². The normalized spacial score (nSPS) is 13.2. The quantitative estimate of drug-likeness (QED) is 0.525. The summed E-state index contributed by atoms with van der Waals surface area (Å²) in [5.74, 6) is 0. The standard InChI is InChI=1S/C17H17NO2/c1-11(18(2)3)12-8-9-14-13-6-4-5-7-15(13)17(19)20-16(14)10-12/h4-11H,1-3H3/t11-/m1/s1. The molecule has 0 aliphatic carbocycles. The minimum atomic E-state index is -0.275. The Morgan fingerprint density at radius 2 is 1.70 bits per heavy atom. The van der Waals surface area contributed by atoms with E-state index in [4.69, 9.17) is 4.42 Å². The van der Waals surface area contributed by atoms with Gasteiger partial charge in [-0.05, 0) is 44.1 Å². The van der Waals surface area contributed by atoms with Crippen molar-refractivity contribution in [2.75, 3.05) is 14.1 Å². The zero-order valence-corrected chi connectivity index (χ0v) is 11.9. The zero-order valence-electron chi connectivity index (χ0n) is 11.9. The number of hydrogen-bond donors (Lipinski definition) is 0. The largest absolute Gasteiger partial charge is 0.422 e. The van der Waals surface area contributed by atoms with Crippen molar-refractivity contribution >= 4 is 21.7 Å². The Morgan fingerprint density at radius 3 is 2.40 bits per heavy atom. The molecular formula is C17H17NO2. The Bertz CT molecular complexity index is 833. The summed E-state index contributed by atoms with van der Waals surface area (Å²) < 4.78 is 5.47. The molecule has 0 N–H and O–H groups in total. The van der Waals surface area contributed by atoms with Gasteiger partial charge in [-0.1, -0.05) is 30.3 Å². The van der Waals surface area contributed by atoms with Crippen LogP contribution in [-0.2, 0) is 0 Å². The Kier molecular flexibility index (Phi) is 3.07. The number of benzene rings is 2. The van der Waals surface area contributed by atoms with E-state index in [1.165, 1.54) is 0 Å². The lowest BCUT2D eigenvalue weighted by atomic mass is 10.0. The molecule has 2 aromatic carbocycles. The van der Waals surface area contributed by atoms with Gasteiger partial charge in [0.25, 0.3) is 0 Å². The predicted octanol–water partition coefficient (Wildman–Crippen LogP) is 3.57. The van der Waals surface area contributed by atoms with Crippen LogP contribution in [0.4, 0.5) is 0 Å². The van der Waals surface area contributed by atoms with Gasteiger partial charge in [0.1, 0.15) is 5.58 Å². The SMILES string of the molecule is C[C@H](c1ccc2c(c1)oc(=O)c1ccccc12)N(C)C. The summed E-state index contributed by atoms with van der Waals surface area (Å²) in [6.07, 6.45) is 0. The molecule has 0 bridgehead atoms. The Labute approximate surface area is 117 Å². The van der Waals surface area contributed by atoms with E-state index in [1.807, 2.05) is 44.4 Å². The third-order valence-corrected chi connectivity index (χ3v) is 3.90. The van der Waals surface area contributed by atoms with Crippen LogP contribution in [0.2, 0.25) is 0 Å². The van der Waals surface area contributed by atoms with Crippen LogP contribution in [-0.4, -0.2) is 19.0 Å². The lowest BCUT2D eigenvalue weighted by Gasteiger charge is -2.20. The van der Waals surface area contributed by atoms with Gasteiger partial charge >= 0.3 is 5.63 Å². The molecule has 0 amide bonds. The van der Waals surface area contributed by atoms with Crippen LogP contribution in [0, 0.1) is 0 Å². The highest BCUT2D eigenvalue weighted by Gasteiger charge is 2.11. The molecule has 0 saturated heterocycles. The summed E-state index contributed by atoms with van der Waals surface area (Å²) in [5, 5.41) is 2.56. The molecule has 0 saturated carbocycles. The van der Waals surface area contributed by atoms with E-state index in [2.05, 4.69) is 17.9 Å². The maximum Gasteiger partial charge on any atom is 0.344 e. The first kappa shape index (κ1) is 12.9. The molecule has 102 valence electrons. The molecule has 3 heteroatoms. The Morgan fingerprint density at radius 1 is 1.00 bits per heavy atom. The topological polar surface area (TPSA) is 33.5 Å². The van der Waals surface area contributed by atoms with Crippen LogP contribution in [0.25, 0.3) is 21.7 Å². The van der Waals surface area contributed by atoms with Crippen molar-refractivity contribution in [3.8, 4) is 0 Å². The molecule has 0 unspecified atom stereocenters. The van der Waals surface area contributed by atoms with Gasteiger partial charge in [0, 0.05) is 11.4 Å². The maximum atomic E-state index is 12.0. The van der Waals surface area contributed by atoms with Crippen LogP contribution in [0.1, 0.15) is 18.5 Å². The van der Waals surface area contributed by atoms with Gasteiger partial charge in [-0.3, -0.25) is 0 Å². The van der Waals surface area contributed by atoms with Crippen molar-refractivity contribution in [1.82, 2.24) is 4.90 Å². The number of fused-ring (bicyclic) bond motifs is 3. The van der Waals surface area contributed by atoms with Gasteiger partial charge < -0.3 is 9.32 Å². The van der Waals surface area contributed by atoms with Crippen molar-refractivity contribution in [3.05, 3.63) is 58.4 Å². The van der Waals surface area contributed by atoms with Crippen LogP contribution < -0.4 is 5.63 Å². The summed E-state index contributed by atoms with van der Waals surface area (Å²) in [7, 11) is 4.07. The van der Waals surface area contributed by atoms with E-state index in [0.717, 1.165) is 16.3 Å². The van der Waals surface area contributed by atoms with Crippen molar-refractivity contribution < 1.29 is 4.42 Å². The monoisotopic (exact) mass is 267 g/mol. The fourth-order valence-electron chi connectivity index (χ4n) is 2.45. The van der Waals surface area contributed by atoms with Gasteiger partial charge in [-0.2, -0.15) is 0 Å². The summed E-state index contributed by atoms with van der Waals surface area (Å²) in [4.78, 5) is 14.2. The molecule has 0 fully saturated rings. The lowest BCUT2D eigenvalue weighted by Crippen LogP contribution is -2.16. The van der Waals surface area contributed by atoms with Crippen molar-refractivity contribution in [2.45, 2.75) is 13.0 Å². The van der Waals surface area contributed by atoms with Crippen LogP contribution in [0.3, 0.4) is 0 Å². The van der Waals surface area contributed by atoms with Crippen molar-refractivity contribution in [3.63, 3.8) is 0 Å². The molecule has 3 nitrogen and oxygen atoms in total. The zero-order chi connectivity index (χ0) is 14.3. The molecule has 3 aromatic rings. The Hall–Kier alpha value is -2.13. The fraction of sp³-hybridized carbons (Fsp3) is 0.235. The van der Waals surface area contributed by atoms with E-state index >= 15 is 0 Å². The van der Waals surface area contributed by atoms with Gasteiger partial charge in [0.15, 0.2) is 0 Å². The third-order valence-electron chi connectivity index (χ3n) is 3.90. The molecule has 0 aliphatic rings.